The smallest absolute Gasteiger partial charge is 0.155 e. The van der Waals surface area contributed by atoms with E-state index in [1.165, 1.54) is 30.3 Å². The summed E-state index contributed by atoms with van der Waals surface area (Å²) >= 11 is 0. The van der Waals surface area contributed by atoms with Gasteiger partial charge in [-0.2, -0.15) is 0 Å². The molecule has 8 atom stereocenters. The Labute approximate surface area is 174 Å². The molecule has 1 aliphatic heterocycles. The van der Waals surface area contributed by atoms with Crippen molar-refractivity contribution < 1.29 is 14.3 Å². The predicted octanol–water partition coefficient (Wildman–Crippen LogP) is 5.05. The van der Waals surface area contributed by atoms with Gasteiger partial charge in [-0.25, -0.2) is 0 Å². The van der Waals surface area contributed by atoms with Crippen LogP contribution in [-0.4, -0.2) is 23.3 Å². The molecule has 5 aliphatic carbocycles. The lowest BCUT2D eigenvalue weighted by atomic mass is 9.47. The summed E-state index contributed by atoms with van der Waals surface area (Å²) in [7, 11) is 0. The van der Waals surface area contributed by atoms with Crippen molar-refractivity contribution in [2.75, 3.05) is 0 Å². The molecule has 1 spiro atoms. The molecule has 6 rings (SSSR count). The zero-order chi connectivity index (χ0) is 20.4. The van der Waals surface area contributed by atoms with E-state index in [2.05, 4.69) is 33.8 Å². The molecular formula is C26H34O3. The molecule has 6 aliphatic rings. The van der Waals surface area contributed by atoms with Gasteiger partial charge in [0.05, 0.1) is 11.2 Å². The summed E-state index contributed by atoms with van der Waals surface area (Å²) in [5, 5.41) is 0. The van der Waals surface area contributed by atoms with Crippen molar-refractivity contribution in [3.8, 4) is 0 Å². The molecule has 1 heterocycles. The van der Waals surface area contributed by atoms with Gasteiger partial charge in [-0.1, -0.05) is 31.1 Å². The standard InChI is InChI=1S/C26H34O3/c1-23(2)9-10-26(29-23)20-13-18(20)22-21-15(14-27)11-16-12-17(28)5-7-24(16,3)19(21)6-8-25(22,26)4/h6,12,14-15,18,20-22H,5,7-11,13H2,1-4H3/t15-,18+,20-,21?,22?,24-,25-,26-/m0/s1. The van der Waals surface area contributed by atoms with Crippen molar-refractivity contribution >= 4 is 12.1 Å². The average Bonchev–Trinajstić information content (AvgIpc) is 3.33. The van der Waals surface area contributed by atoms with Crippen LogP contribution in [0.25, 0.3) is 0 Å². The lowest BCUT2D eigenvalue weighted by Crippen LogP contribution is -2.55. The minimum atomic E-state index is -0.0305. The molecule has 3 saturated carbocycles. The maximum atomic E-state index is 12.3. The molecule has 4 fully saturated rings. The second-order valence-electron chi connectivity index (χ2n) is 12.1. The summed E-state index contributed by atoms with van der Waals surface area (Å²) in [5.41, 5.74) is 2.79. The Morgan fingerprint density at radius 2 is 1.93 bits per heavy atom. The van der Waals surface area contributed by atoms with Crippen LogP contribution < -0.4 is 0 Å². The van der Waals surface area contributed by atoms with E-state index in [0.29, 0.717) is 30.1 Å². The molecule has 0 aromatic rings. The van der Waals surface area contributed by atoms with Crippen LogP contribution in [-0.2, 0) is 14.3 Å². The summed E-state index contributed by atoms with van der Waals surface area (Å²) < 4.78 is 6.94. The monoisotopic (exact) mass is 394 g/mol. The second-order valence-corrected chi connectivity index (χ2v) is 12.1. The van der Waals surface area contributed by atoms with Gasteiger partial charge in [0.15, 0.2) is 5.78 Å². The van der Waals surface area contributed by atoms with Crippen LogP contribution >= 0.6 is 0 Å². The summed E-state index contributed by atoms with van der Waals surface area (Å²) in [6.07, 6.45) is 12.6. The van der Waals surface area contributed by atoms with Gasteiger partial charge in [-0.3, -0.25) is 4.79 Å². The largest absolute Gasteiger partial charge is 0.368 e. The first-order valence-electron chi connectivity index (χ1n) is 11.8. The third kappa shape index (κ3) is 2.09. The number of fused-ring (bicyclic) bond motifs is 9. The number of allylic oxidation sites excluding steroid dienone is 4. The number of ketones is 1. The molecule has 3 heteroatoms. The highest BCUT2D eigenvalue weighted by atomic mass is 16.5. The highest BCUT2D eigenvalue weighted by Gasteiger charge is 2.78. The normalized spacial score (nSPS) is 54.1. The Kier molecular flexibility index (Phi) is 3.41. The topological polar surface area (TPSA) is 43.4 Å². The van der Waals surface area contributed by atoms with Gasteiger partial charge in [0.25, 0.3) is 0 Å². The van der Waals surface area contributed by atoms with E-state index in [1.807, 2.05) is 6.08 Å². The molecule has 29 heavy (non-hydrogen) atoms. The summed E-state index contributed by atoms with van der Waals surface area (Å²) in [6, 6.07) is 0. The maximum Gasteiger partial charge on any atom is 0.155 e. The molecule has 1 saturated heterocycles. The van der Waals surface area contributed by atoms with E-state index < -0.39 is 0 Å². The van der Waals surface area contributed by atoms with Gasteiger partial charge in [0, 0.05) is 23.2 Å². The highest BCUT2D eigenvalue weighted by molar-refractivity contribution is 5.92. The number of aldehydes is 1. The molecule has 156 valence electrons. The first-order valence-corrected chi connectivity index (χ1v) is 11.8. The van der Waals surface area contributed by atoms with E-state index in [-0.39, 0.29) is 33.7 Å². The Morgan fingerprint density at radius 1 is 1.14 bits per heavy atom. The Balaban J connectivity index is 1.48. The predicted molar refractivity (Wildman–Crippen MR) is 111 cm³/mol. The van der Waals surface area contributed by atoms with Crippen LogP contribution in [0.3, 0.4) is 0 Å². The van der Waals surface area contributed by atoms with Crippen molar-refractivity contribution in [2.24, 2.45) is 40.4 Å². The molecule has 0 bridgehead atoms. The number of ether oxygens (including phenoxy) is 1. The Hall–Kier alpha value is -1.22. The minimum absolute atomic E-state index is 0.000843. The van der Waals surface area contributed by atoms with Gasteiger partial charge >= 0.3 is 0 Å². The van der Waals surface area contributed by atoms with E-state index in [4.69, 9.17) is 4.74 Å². The lowest BCUT2D eigenvalue weighted by Gasteiger charge is -2.58. The van der Waals surface area contributed by atoms with Gasteiger partial charge in [-0.15, -0.1) is 0 Å². The molecule has 0 aromatic heterocycles. The zero-order valence-corrected chi connectivity index (χ0v) is 18.3. The van der Waals surface area contributed by atoms with Crippen LogP contribution in [0.15, 0.2) is 23.3 Å². The van der Waals surface area contributed by atoms with Crippen LogP contribution in [0, 0.1) is 40.4 Å². The third-order valence-corrected chi connectivity index (χ3v) is 10.3. The third-order valence-electron chi connectivity index (χ3n) is 10.3. The van der Waals surface area contributed by atoms with E-state index in [0.717, 1.165) is 25.7 Å². The summed E-state index contributed by atoms with van der Waals surface area (Å²) in [6.45, 7) is 9.34. The average molecular weight is 395 g/mol. The van der Waals surface area contributed by atoms with Crippen LogP contribution in [0.1, 0.15) is 72.6 Å². The van der Waals surface area contributed by atoms with Gasteiger partial charge in [-0.05, 0) is 82.1 Å². The van der Waals surface area contributed by atoms with Crippen molar-refractivity contribution in [3.63, 3.8) is 0 Å². The van der Waals surface area contributed by atoms with Crippen molar-refractivity contribution in [1.29, 1.82) is 0 Å². The summed E-state index contributed by atoms with van der Waals surface area (Å²) in [4.78, 5) is 24.5. The number of carbonyl (C=O) groups is 2. The number of hydrogen-bond acceptors (Lipinski definition) is 3. The van der Waals surface area contributed by atoms with Gasteiger partial charge < -0.3 is 9.53 Å². The molecular weight excluding hydrogens is 360 g/mol. The minimum Gasteiger partial charge on any atom is -0.368 e. The first-order chi connectivity index (χ1) is 13.7. The fourth-order valence-corrected chi connectivity index (χ4v) is 8.87. The number of hydrogen-bond donors (Lipinski definition) is 0. The summed E-state index contributed by atoms with van der Waals surface area (Å²) in [5.74, 6) is 2.53. The van der Waals surface area contributed by atoms with Crippen molar-refractivity contribution in [1.82, 2.24) is 0 Å². The van der Waals surface area contributed by atoms with E-state index >= 15 is 0 Å². The van der Waals surface area contributed by atoms with Crippen LogP contribution in [0.2, 0.25) is 0 Å². The zero-order valence-electron chi connectivity index (χ0n) is 18.3. The molecule has 0 N–H and O–H groups in total. The molecule has 0 amide bonds. The van der Waals surface area contributed by atoms with Crippen LogP contribution in [0.5, 0.6) is 0 Å². The quantitative estimate of drug-likeness (QED) is 0.462. The SMILES string of the molecule is CC1(C)CC[C@]2(O1)[C@H]1C[C@H]1C1C3C(=CC[C@@]12C)[C@@]1(C)CCC(=O)C=C1C[C@H]3C=O. The second kappa shape index (κ2) is 5.33. The van der Waals surface area contributed by atoms with E-state index in [1.54, 1.807) is 0 Å². The van der Waals surface area contributed by atoms with E-state index in [9.17, 15) is 9.59 Å². The Bertz CT molecular complexity index is 880. The highest BCUT2D eigenvalue weighted by Crippen LogP contribution is 2.79. The van der Waals surface area contributed by atoms with Crippen LogP contribution in [0.4, 0.5) is 0 Å². The lowest BCUT2D eigenvalue weighted by molar-refractivity contribution is -0.169. The van der Waals surface area contributed by atoms with Crippen molar-refractivity contribution in [2.45, 2.75) is 83.8 Å². The Morgan fingerprint density at radius 3 is 2.62 bits per heavy atom. The molecule has 0 aromatic carbocycles. The van der Waals surface area contributed by atoms with Crippen molar-refractivity contribution in [3.05, 3.63) is 23.3 Å². The van der Waals surface area contributed by atoms with Gasteiger partial charge in [0.1, 0.15) is 6.29 Å². The van der Waals surface area contributed by atoms with Gasteiger partial charge in [0.2, 0.25) is 0 Å². The maximum absolute atomic E-state index is 12.3. The fourth-order valence-electron chi connectivity index (χ4n) is 8.87. The first kappa shape index (κ1) is 18.5. The number of carbonyl (C=O) groups excluding carboxylic acids is 2. The molecule has 2 unspecified atom stereocenters. The fraction of sp³-hybridized carbons (Fsp3) is 0.769. The molecule has 3 nitrogen and oxygen atoms in total. The molecule has 0 radical (unpaired) electrons. The number of rotatable bonds is 1.